The van der Waals surface area contributed by atoms with Gasteiger partial charge in [-0.2, -0.15) is 0 Å². The fraction of sp³-hybridized carbons (Fsp3) is 0.276. The molecule has 176 valence electrons. The number of benzene rings is 3. The lowest BCUT2D eigenvalue weighted by molar-refractivity contribution is 0.103. The van der Waals surface area contributed by atoms with Crippen molar-refractivity contribution in [1.29, 1.82) is 0 Å². The maximum Gasteiger partial charge on any atom is 0.197 e. The van der Waals surface area contributed by atoms with Crippen LogP contribution in [0.4, 0.5) is 0 Å². The molecule has 34 heavy (non-hydrogen) atoms. The summed E-state index contributed by atoms with van der Waals surface area (Å²) in [5.74, 6) is 0.732. The molecular formula is C29H28Br2O3. The molecule has 0 radical (unpaired) electrons. The van der Waals surface area contributed by atoms with E-state index in [0.29, 0.717) is 20.1 Å². The van der Waals surface area contributed by atoms with E-state index in [-0.39, 0.29) is 11.5 Å². The number of fused-ring (bicyclic) bond motifs is 1. The quantitative estimate of drug-likeness (QED) is 0.150. The highest BCUT2D eigenvalue weighted by atomic mass is 79.9. The number of carbonyl (C=O) groups is 1. The molecule has 0 aliphatic rings. The normalized spacial score (nSPS) is 11.3. The van der Waals surface area contributed by atoms with Crippen molar-refractivity contribution in [2.75, 3.05) is 0 Å². The summed E-state index contributed by atoms with van der Waals surface area (Å²) in [6, 6.07) is 20.1. The Morgan fingerprint density at radius 3 is 2.26 bits per heavy atom. The molecule has 0 bridgehead atoms. The molecule has 4 rings (SSSR count). The Kier molecular flexibility index (Phi) is 8.28. The lowest BCUT2D eigenvalue weighted by Gasteiger charge is -2.07. The van der Waals surface area contributed by atoms with E-state index < -0.39 is 0 Å². The average molecular weight is 584 g/mol. The fourth-order valence-corrected chi connectivity index (χ4v) is 5.48. The molecule has 0 atom stereocenters. The average Bonchev–Trinajstić information content (AvgIpc) is 3.20. The van der Waals surface area contributed by atoms with Crippen LogP contribution in [0.25, 0.3) is 11.0 Å². The Labute approximate surface area is 217 Å². The van der Waals surface area contributed by atoms with Crippen molar-refractivity contribution in [3.8, 4) is 5.75 Å². The Bertz CT molecular complexity index is 1270. The van der Waals surface area contributed by atoms with Gasteiger partial charge in [-0.15, -0.1) is 0 Å². The summed E-state index contributed by atoms with van der Waals surface area (Å²) in [6.07, 6.45) is 6.95. The van der Waals surface area contributed by atoms with Gasteiger partial charge in [0.15, 0.2) is 5.78 Å². The highest BCUT2D eigenvalue weighted by Crippen LogP contribution is 2.36. The molecule has 5 heteroatoms. The number of aromatic hydroxyl groups is 1. The number of phenolic OH excluding ortho intramolecular Hbond substituents is 1. The van der Waals surface area contributed by atoms with E-state index in [4.69, 9.17) is 4.42 Å². The predicted molar refractivity (Wildman–Crippen MR) is 145 cm³/mol. The van der Waals surface area contributed by atoms with E-state index in [9.17, 15) is 9.90 Å². The molecule has 0 saturated carbocycles. The number of furan rings is 1. The molecule has 0 fully saturated rings. The number of phenols is 1. The SMILES string of the molecule is CCCCCc1oc2cc(CCCc3ccccc3)ccc2c1C(=O)c1cc(Br)c(O)c(Br)c1. The summed E-state index contributed by atoms with van der Waals surface area (Å²) in [5, 5.41) is 10.9. The van der Waals surface area contributed by atoms with E-state index in [2.05, 4.69) is 75.2 Å². The lowest BCUT2D eigenvalue weighted by atomic mass is 9.97. The third-order valence-corrected chi connectivity index (χ3v) is 7.32. The Hall–Kier alpha value is -2.37. The second-order valence-electron chi connectivity index (χ2n) is 8.64. The Morgan fingerprint density at radius 1 is 0.853 bits per heavy atom. The maximum absolute atomic E-state index is 13.6. The zero-order valence-electron chi connectivity index (χ0n) is 19.2. The van der Waals surface area contributed by atoms with Crippen molar-refractivity contribution in [2.24, 2.45) is 0 Å². The van der Waals surface area contributed by atoms with Gasteiger partial charge in [-0.3, -0.25) is 4.79 Å². The van der Waals surface area contributed by atoms with Crippen LogP contribution in [0.5, 0.6) is 5.75 Å². The summed E-state index contributed by atoms with van der Waals surface area (Å²) in [5.41, 5.74) is 4.46. The second-order valence-corrected chi connectivity index (χ2v) is 10.4. The molecule has 0 aliphatic carbocycles. The number of hydrogen-bond acceptors (Lipinski definition) is 3. The first-order valence-electron chi connectivity index (χ1n) is 11.8. The first-order chi connectivity index (χ1) is 16.5. The molecule has 0 aliphatic heterocycles. The first-order valence-corrected chi connectivity index (χ1v) is 13.4. The van der Waals surface area contributed by atoms with Crippen molar-refractivity contribution < 1.29 is 14.3 Å². The first kappa shape index (κ1) is 24.7. The van der Waals surface area contributed by atoms with E-state index in [1.54, 1.807) is 12.1 Å². The van der Waals surface area contributed by atoms with Crippen molar-refractivity contribution in [1.82, 2.24) is 0 Å². The van der Waals surface area contributed by atoms with Crippen LogP contribution >= 0.6 is 31.9 Å². The van der Waals surface area contributed by atoms with Gasteiger partial charge in [0.25, 0.3) is 0 Å². The van der Waals surface area contributed by atoms with Gasteiger partial charge in [-0.1, -0.05) is 62.2 Å². The van der Waals surface area contributed by atoms with Crippen LogP contribution in [0.3, 0.4) is 0 Å². The molecule has 1 N–H and O–H groups in total. The van der Waals surface area contributed by atoms with Crippen LogP contribution in [0.15, 0.2) is 74.0 Å². The fourth-order valence-electron chi connectivity index (χ4n) is 4.29. The Morgan fingerprint density at radius 2 is 1.56 bits per heavy atom. The topological polar surface area (TPSA) is 50.4 Å². The zero-order valence-corrected chi connectivity index (χ0v) is 22.4. The van der Waals surface area contributed by atoms with E-state index >= 15 is 0 Å². The molecule has 0 unspecified atom stereocenters. The van der Waals surface area contributed by atoms with Crippen molar-refractivity contribution in [3.63, 3.8) is 0 Å². The number of aryl methyl sites for hydroxylation is 3. The van der Waals surface area contributed by atoms with E-state index in [0.717, 1.165) is 61.7 Å². The number of ketones is 1. The molecule has 0 amide bonds. The summed E-state index contributed by atoms with van der Waals surface area (Å²) in [4.78, 5) is 13.6. The summed E-state index contributed by atoms with van der Waals surface area (Å²) in [6.45, 7) is 2.16. The number of unbranched alkanes of at least 4 members (excludes halogenated alkanes) is 2. The molecule has 3 aromatic carbocycles. The molecule has 3 nitrogen and oxygen atoms in total. The van der Waals surface area contributed by atoms with Gasteiger partial charge < -0.3 is 9.52 Å². The maximum atomic E-state index is 13.6. The minimum absolute atomic E-state index is 0.0805. The van der Waals surface area contributed by atoms with Crippen molar-refractivity contribution >= 4 is 48.6 Å². The molecular weight excluding hydrogens is 556 g/mol. The summed E-state index contributed by atoms with van der Waals surface area (Å²) in [7, 11) is 0. The third-order valence-electron chi connectivity index (χ3n) is 6.11. The number of hydrogen-bond donors (Lipinski definition) is 1. The third kappa shape index (κ3) is 5.64. The Balaban J connectivity index is 1.63. The van der Waals surface area contributed by atoms with E-state index in [1.807, 2.05) is 12.1 Å². The van der Waals surface area contributed by atoms with Crippen molar-refractivity contribution in [2.45, 2.75) is 51.9 Å². The van der Waals surface area contributed by atoms with Gasteiger partial charge in [-0.25, -0.2) is 0 Å². The minimum atomic E-state index is -0.0940. The predicted octanol–water partition coefficient (Wildman–Crippen LogP) is 8.80. The molecule has 1 aromatic heterocycles. The van der Waals surface area contributed by atoms with E-state index in [1.165, 1.54) is 11.1 Å². The number of rotatable bonds is 10. The number of halogens is 2. The molecule has 1 heterocycles. The smallest absolute Gasteiger partial charge is 0.197 e. The standard InChI is InChI=1S/C29H28Br2O3/c1-2-3-5-13-25-27(28(32)21-17-23(30)29(33)24(31)18-21)22-15-14-20(16-26(22)34-25)12-8-11-19-9-6-4-7-10-19/h4,6-7,9-10,14-18,33H,2-3,5,8,11-13H2,1H3. The lowest BCUT2D eigenvalue weighted by Crippen LogP contribution is -2.04. The summed E-state index contributed by atoms with van der Waals surface area (Å²) >= 11 is 6.69. The summed E-state index contributed by atoms with van der Waals surface area (Å²) < 4.78 is 7.24. The van der Waals surface area contributed by atoms with Gasteiger partial charge >= 0.3 is 0 Å². The largest absolute Gasteiger partial charge is 0.506 e. The van der Waals surface area contributed by atoms with Crippen LogP contribution < -0.4 is 0 Å². The minimum Gasteiger partial charge on any atom is -0.506 e. The highest BCUT2D eigenvalue weighted by molar-refractivity contribution is 9.11. The molecule has 0 spiro atoms. The number of carbonyl (C=O) groups excluding carboxylic acids is 1. The van der Waals surface area contributed by atoms with Crippen LogP contribution in [0, 0.1) is 0 Å². The van der Waals surface area contributed by atoms with Crippen molar-refractivity contribution in [3.05, 3.63) is 97.6 Å². The van der Waals surface area contributed by atoms with Crippen LogP contribution in [0.2, 0.25) is 0 Å². The zero-order chi connectivity index (χ0) is 24.1. The monoisotopic (exact) mass is 582 g/mol. The molecule has 4 aromatic rings. The molecule has 0 saturated heterocycles. The van der Waals surface area contributed by atoms with Gasteiger partial charge in [0, 0.05) is 17.4 Å². The van der Waals surface area contributed by atoms with Gasteiger partial charge in [-0.05, 0) is 86.9 Å². The van der Waals surface area contributed by atoms with Crippen LogP contribution in [-0.4, -0.2) is 10.9 Å². The van der Waals surface area contributed by atoms with Gasteiger partial charge in [0.1, 0.15) is 17.1 Å². The second kappa shape index (κ2) is 11.4. The highest BCUT2D eigenvalue weighted by Gasteiger charge is 2.23. The van der Waals surface area contributed by atoms with Gasteiger partial charge in [0.2, 0.25) is 0 Å². The van der Waals surface area contributed by atoms with Gasteiger partial charge in [0.05, 0.1) is 14.5 Å². The van der Waals surface area contributed by atoms with Crippen LogP contribution in [-0.2, 0) is 19.3 Å². The van der Waals surface area contributed by atoms with Crippen LogP contribution in [0.1, 0.15) is 65.4 Å².